The summed E-state index contributed by atoms with van der Waals surface area (Å²) in [6.07, 6.45) is -0.953. The van der Waals surface area contributed by atoms with Crippen LogP contribution in [0.5, 0.6) is 5.75 Å². The maximum atomic E-state index is 13.3. The second-order valence-electron chi connectivity index (χ2n) is 3.92. The quantitative estimate of drug-likeness (QED) is 0.837. The summed E-state index contributed by atoms with van der Waals surface area (Å²) >= 11 is 0. The third-order valence-electron chi connectivity index (χ3n) is 2.65. The molecule has 0 aliphatic heterocycles. The normalized spacial score (nSPS) is 11.3. The van der Waals surface area contributed by atoms with Crippen LogP contribution in [-0.2, 0) is 0 Å². The first-order valence-corrected chi connectivity index (χ1v) is 5.79. The van der Waals surface area contributed by atoms with E-state index in [1.807, 2.05) is 0 Å². The van der Waals surface area contributed by atoms with E-state index in [1.165, 1.54) is 6.07 Å². The van der Waals surface area contributed by atoms with Gasteiger partial charge in [0.1, 0.15) is 17.7 Å². The van der Waals surface area contributed by atoms with Crippen LogP contribution < -0.4 is 4.74 Å². The SMILES string of the molecule is COc1ccc(C(O)C#Cc2ccccc2F)cc1. The van der Waals surface area contributed by atoms with Gasteiger partial charge in [0.25, 0.3) is 0 Å². The maximum absolute atomic E-state index is 13.3. The highest BCUT2D eigenvalue weighted by molar-refractivity contribution is 5.38. The van der Waals surface area contributed by atoms with Gasteiger partial charge in [-0.2, -0.15) is 0 Å². The Balaban J connectivity index is 2.17. The Bertz CT molecular complexity index is 609. The van der Waals surface area contributed by atoms with Crippen molar-refractivity contribution in [3.8, 4) is 17.6 Å². The molecule has 96 valence electrons. The van der Waals surface area contributed by atoms with Crippen LogP contribution >= 0.6 is 0 Å². The van der Waals surface area contributed by atoms with Crippen molar-refractivity contribution in [2.45, 2.75) is 6.10 Å². The molecule has 0 amide bonds. The van der Waals surface area contributed by atoms with E-state index in [1.54, 1.807) is 49.6 Å². The Hall–Kier alpha value is -2.31. The maximum Gasteiger partial charge on any atom is 0.140 e. The van der Waals surface area contributed by atoms with Gasteiger partial charge in [-0.1, -0.05) is 36.1 Å². The molecule has 2 aromatic rings. The second-order valence-corrected chi connectivity index (χ2v) is 3.92. The van der Waals surface area contributed by atoms with Gasteiger partial charge in [0.2, 0.25) is 0 Å². The lowest BCUT2D eigenvalue weighted by atomic mass is 10.1. The van der Waals surface area contributed by atoms with Gasteiger partial charge < -0.3 is 9.84 Å². The van der Waals surface area contributed by atoms with Crippen LogP contribution in [-0.4, -0.2) is 12.2 Å². The van der Waals surface area contributed by atoms with Crippen molar-refractivity contribution in [2.75, 3.05) is 7.11 Å². The van der Waals surface area contributed by atoms with E-state index in [-0.39, 0.29) is 5.56 Å². The fourth-order valence-corrected chi connectivity index (χ4v) is 1.58. The zero-order chi connectivity index (χ0) is 13.7. The highest BCUT2D eigenvalue weighted by Crippen LogP contribution is 2.17. The molecule has 0 saturated heterocycles. The molecule has 1 unspecified atom stereocenters. The van der Waals surface area contributed by atoms with E-state index < -0.39 is 11.9 Å². The molecular formula is C16H13FO2. The summed E-state index contributed by atoms with van der Waals surface area (Å²) in [6.45, 7) is 0. The summed E-state index contributed by atoms with van der Waals surface area (Å²) in [5.74, 6) is 5.57. The highest BCUT2D eigenvalue weighted by Gasteiger charge is 2.04. The number of hydrogen-bond acceptors (Lipinski definition) is 2. The fourth-order valence-electron chi connectivity index (χ4n) is 1.58. The topological polar surface area (TPSA) is 29.5 Å². The molecule has 0 saturated carbocycles. The lowest BCUT2D eigenvalue weighted by molar-refractivity contribution is 0.238. The molecule has 0 aliphatic rings. The molecule has 0 spiro atoms. The number of rotatable bonds is 2. The number of methoxy groups -OCH3 is 1. The third-order valence-corrected chi connectivity index (χ3v) is 2.65. The summed E-state index contributed by atoms with van der Waals surface area (Å²) in [4.78, 5) is 0. The number of ether oxygens (including phenoxy) is 1. The van der Waals surface area contributed by atoms with Gasteiger partial charge >= 0.3 is 0 Å². The van der Waals surface area contributed by atoms with Gasteiger partial charge in [0.05, 0.1) is 12.7 Å². The van der Waals surface area contributed by atoms with Gasteiger partial charge in [-0.3, -0.25) is 0 Å². The molecule has 1 N–H and O–H groups in total. The number of hydrogen-bond donors (Lipinski definition) is 1. The van der Waals surface area contributed by atoms with Crippen molar-refractivity contribution in [1.82, 2.24) is 0 Å². The van der Waals surface area contributed by atoms with Crippen molar-refractivity contribution in [1.29, 1.82) is 0 Å². The second kappa shape index (κ2) is 6.03. The zero-order valence-electron chi connectivity index (χ0n) is 10.4. The number of aliphatic hydroxyl groups excluding tert-OH is 1. The standard InChI is InChI=1S/C16H13FO2/c1-19-14-9-6-13(7-10-14)16(18)11-8-12-4-2-3-5-15(12)17/h2-7,9-10,16,18H,1H3. The minimum atomic E-state index is -0.953. The third kappa shape index (κ3) is 3.34. The average molecular weight is 256 g/mol. The van der Waals surface area contributed by atoms with Gasteiger partial charge in [-0.05, 0) is 29.8 Å². The van der Waals surface area contributed by atoms with E-state index in [9.17, 15) is 9.50 Å². The smallest absolute Gasteiger partial charge is 0.140 e. The molecule has 1 atom stereocenters. The number of aliphatic hydroxyl groups is 1. The first kappa shape index (κ1) is 13.1. The van der Waals surface area contributed by atoms with Crippen LogP contribution in [0.4, 0.5) is 4.39 Å². The predicted octanol–water partition coefficient (Wildman–Crippen LogP) is 2.92. The van der Waals surface area contributed by atoms with Gasteiger partial charge in [-0.15, -0.1) is 0 Å². The fraction of sp³-hybridized carbons (Fsp3) is 0.125. The Kier molecular flexibility index (Phi) is 4.17. The van der Waals surface area contributed by atoms with Crippen LogP contribution in [0.1, 0.15) is 17.2 Å². The van der Waals surface area contributed by atoms with E-state index >= 15 is 0 Å². The molecule has 0 radical (unpaired) electrons. The predicted molar refractivity (Wildman–Crippen MR) is 71.2 cm³/mol. The first-order valence-electron chi connectivity index (χ1n) is 5.79. The average Bonchev–Trinajstić information content (AvgIpc) is 2.46. The number of benzene rings is 2. The van der Waals surface area contributed by atoms with E-state index in [0.717, 1.165) is 0 Å². The van der Waals surface area contributed by atoms with Crippen LogP contribution in [0.2, 0.25) is 0 Å². The van der Waals surface area contributed by atoms with Crippen molar-refractivity contribution in [2.24, 2.45) is 0 Å². The Morgan fingerprint density at radius 1 is 1.11 bits per heavy atom. The largest absolute Gasteiger partial charge is 0.497 e. The van der Waals surface area contributed by atoms with Crippen molar-refractivity contribution < 1.29 is 14.2 Å². The van der Waals surface area contributed by atoms with Crippen LogP contribution in [0.25, 0.3) is 0 Å². The summed E-state index contributed by atoms with van der Waals surface area (Å²) in [7, 11) is 1.57. The highest BCUT2D eigenvalue weighted by atomic mass is 19.1. The Morgan fingerprint density at radius 3 is 2.42 bits per heavy atom. The molecule has 3 heteroatoms. The van der Waals surface area contributed by atoms with Crippen LogP contribution in [0.3, 0.4) is 0 Å². The lowest BCUT2D eigenvalue weighted by Crippen LogP contribution is -1.94. The molecule has 0 heterocycles. The van der Waals surface area contributed by atoms with Gasteiger partial charge in [0, 0.05) is 0 Å². The molecule has 0 aliphatic carbocycles. The van der Waals surface area contributed by atoms with E-state index in [4.69, 9.17) is 4.74 Å². The molecule has 2 rings (SSSR count). The molecule has 2 aromatic carbocycles. The van der Waals surface area contributed by atoms with Gasteiger partial charge in [0.15, 0.2) is 0 Å². The van der Waals surface area contributed by atoms with Crippen molar-refractivity contribution in [3.05, 3.63) is 65.5 Å². The van der Waals surface area contributed by atoms with Crippen LogP contribution in [0.15, 0.2) is 48.5 Å². The lowest BCUT2D eigenvalue weighted by Gasteiger charge is -2.05. The van der Waals surface area contributed by atoms with E-state index in [0.29, 0.717) is 11.3 Å². The van der Waals surface area contributed by atoms with Crippen LogP contribution in [0, 0.1) is 17.7 Å². The first-order chi connectivity index (χ1) is 9.20. The summed E-state index contributed by atoms with van der Waals surface area (Å²) in [5.41, 5.74) is 0.916. The Morgan fingerprint density at radius 2 is 1.79 bits per heavy atom. The molecule has 19 heavy (non-hydrogen) atoms. The summed E-state index contributed by atoms with van der Waals surface area (Å²) in [5, 5.41) is 9.90. The summed E-state index contributed by atoms with van der Waals surface area (Å²) in [6, 6.07) is 13.1. The molecular weight excluding hydrogens is 243 g/mol. The molecule has 0 bridgehead atoms. The van der Waals surface area contributed by atoms with Gasteiger partial charge in [-0.25, -0.2) is 4.39 Å². The Labute approximate surface area is 111 Å². The summed E-state index contributed by atoms with van der Waals surface area (Å²) < 4.78 is 18.4. The molecule has 0 aromatic heterocycles. The minimum Gasteiger partial charge on any atom is -0.497 e. The zero-order valence-corrected chi connectivity index (χ0v) is 10.4. The molecule has 2 nitrogen and oxygen atoms in total. The minimum absolute atomic E-state index is 0.273. The number of halogens is 1. The van der Waals surface area contributed by atoms with Crippen molar-refractivity contribution >= 4 is 0 Å². The van der Waals surface area contributed by atoms with E-state index in [2.05, 4.69) is 11.8 Å². The van der Waals surface area contributed by atoms with Crippen molar-refractivity contribution in [3.63, 3.8) is 0 Å². The monoisotopic (exact) mass is 256 g/mol. The molecule has 0 fully saturated rings.